The maximum absolute atomic E-state index is 11.7. The number of nitrogens with zero attached hydrogens (tertiary/aromatic N) is 1. The molecule has 1 aromatic heterocycles. The highest BCUT2D eigenvalue weighted by Gasteiger charge is 2.16. The van der Waals surface area contributed by atoms with Crippen LogP contribution in [0.3, 0.4) is 0 Å². The summed E-state index contributed by atoms with van der Waals surface area (Å²) in [5, 5.41) is 8.96. The lowest BCUT2D eigenvalue weighted by Gasteiger charge is -2.07. The smallest absolute Gasteiger partial charge is 0.347 e. The fourth-order valence-corrected chi connectivity index (χ4v) is 2.72. The molecular weight excluding hydrogens is 278 g/mol. The Hall–Kier alpha value is -2.08. The number of aromatic carboxylic acids is 1. The van der Waals surface area contributed by atoms with E-state index in [-0.39, 0.29) is 9.75 Å². The third kappa shape index (κ3) is 3.27. The summed E-state index contributed by atoms with van der Waals surface area (Å²) in [7, 11) is 0. The second kappa shape index (κ2) is 6.38. The molecule has 1 heterocycles. The lowest BCUT2D eigenvalue weighted by Crippen LogP contribution is -2.16. The molecule has 1 aromatic carbocycles. The number of rotatable bonds is 6. The Labute approximate surface area is 120 Å². The molecule has 0 saturated carbocycles. The summed E-state index contributed by atoms with van der Waals surface area (Å²) in [6, 6.07) is 9.42. The fraction of sp³-hybridized carbons (Fsp3) is 0.286. The van der Waals surface area contributed by atoms with Gasteiger partial charge < -0.3 is 14.4 Å². The van der Waals surface area contributed by atoms with Gasteiger partial charge >= 0.3 is 10.8 Å². The van der Waals surface area contributed by atoms with Crippen LogP contribution in [0.25, 0.3) is 0 Å². The number of ether oxygens (including phenoxy) is 1. The quantitative estimate of drug-likeness (QED) is 0.830. The molecule has 1 N–H and O–H groups in total. The predicted octanol–water partition coefficient (Wildman–Crippen LogP) is 2.39. The molecule has 5 nitrogen and oxygen atoms in total. The minimum Gasteiger partial charge on any atom is -0.494 e. The monoisotopic (exact) mass is 293 g/mol. The molecule has 0 aliphatic rings. The van der Waals surface area contributed by atoms with E-state index in [2.05, 4.69) is 0 Å². The predicted molar refractivity (Wildman–Crippen MR) is 76.8 cm³/mol. The van der Waals surface area contributed by atoms with Crippen molar-refractivity contribution >= 4 is 17.3 Å². The highest BCUT2D eigenvalue weighted by Crippen LogP contribution is 2.12. The lowest BCUT2D eigenvalue weighted by molar-refractivity contribution is 0.0700. The van der Waals surface area contributed by atoms with Crippen LogP contribution in [0.2, 0.25) is 0 Å². The molecule has 2 aromatic rings. The van der Waals surface area contributed by atoms with Gasteiger partial charge in [-0.05, 0) is 25.5 Å². The van der Waals surface area contributed by atoms with Gasteiger partial charge in [-0.1, -0.05) is 29.5 Å². The van der Waals surface area contributed by atoms with Gasteiger partial charge in [-0.2, -0.15) is 0 Å². The Morgan fingerprint density at radius 1 is 1.35 bits per heavy atom. The van der Waals surface area contributed by atoms with Crippen LogP contribution < -0.4 is 9.61 Å². The molecule has 2 rings (SSSR count). The second-order valence-electron chi connectivity index (χ2n) is 4.25. The van der Waals surface area contributed by atoms with Crippen molar-refractivity contribution in [1.82, 2.24) is 4.57 Å². The topological polar surface area (TPSA) is 68.5 Å². The molecule has 0 amide bonds. The summed E-state index contributed by atoms with van der Waals surface area (Å²) in [5.74, 6) is -0.267. The van der Waals surface area contributed by atoms with E-state index in [1.165, 1.54) is 4.57 Å². The van der Waals surface area contributed by atoms with Crippen molar-refractivity contribution in [2.45, 2.75) is 19.9 Å². The van der Waals surface area contributed by atoms with Gasteiger partial charge in [0, 0.05) is 12.2 Å². The number of hydrogen-bond donors (Lipinski definition) is 1. The first-order valence-corrected chi connectivity index (χ1v) is 7.02. The van der Waals surface area contributed by atoms with Crippen molar-refractivity contribution in [3.8, 4) is 5.75 Å². The molecular formula is C14H15NO4S. The molecule has 0 saturated heterocycles. The standard InChI is InChI=1S/C14H15NO4S/c1-10-12(13(16)17)20-14(18)15(10)8-5-9-19-11-6-3-2-4-7-11/h2-4,6-7H,5,8-9H2,1H3,(H,16,17). The van der Waals surface area contributed by atoms with Gasteiger partial charge in [-0.3, -0.25) is 4.79 Å². The summed E-state index contributed by atoms with van der Waals surface area (Å²) >= 11 is 0.771. The van der Waals surface area contributed by atoms with E-state index in [0.29, 0.717) is 25.3 Å². The van der Waals surface area contributed by atoms with E-state index >= 15 is 0 Å². The Kier molecular flexibility index (Phi) is 4.57. The second-order valence-corrected chi connectivity index (χ2v) is 5.22. The van der Waals surface area contributed by atoms with Crippen molar-refractivity contribution in [3.05, 3.63) is 50.6 Å². The zero-order chi connectivity index (χ0) is 14.5. The number of aromatic nitrogens is 1. The first-order chi connectivity index (χ1) is 9.59. The largest absolute Gasteiger partial charge is 0.494 e. The number of hydrogen-bond acceptors (Lipinski definition) is 4. The van der Waals surface area contributed by atoms with Crippen molar-refractivity contribution in [3.63, 3.8) is 0 Å². The summed E-state index contributed by atoms with van der Waals surface area (Å²) in [4.78, 5) is 22.5. The molecule has 0 aliphatic carbocycles. The molecule has 0 aliphatic heterocycles. The number of thiazole rings is 1. The van der Waals surface area contributed by atoms with Crippen LogP contribution in [-0.2, 0) is 6.54 Å². The van der Waals surface area contributed by atoms with Crippen LogP contribution in [0.15, 0.2) is 35.1 Å². The van der Waals surface area contributed by atoms with Crippen LogP contribution in [0.4, 0.5) is 0 Å². The number of benzene rings is 1. The SMILES string of the molecule is Cc1c(C(=O)O)sc(=O)n1CCCOc1ccccc1. The summed E-state index contributed by atoms with van der Waals surface area (Å²) < 4.78 is 7.02. The van der Waals surface area contributed by atoms with Crippen molar-refractivity contribution < 1.29 is 14.6 Å². The van der Waals surface area contributed by atoms with Crippen molar-refractivity contribution in [2.75, 3.05) is 6.61 Å². The number of carboxylic acids is 1. The Balaban J connectivity index is 1.92. The zero-order valence-electron chi connectivity index (χ0n) is 11.0. The highest BCUT2D eigenvalue weighted by atomic mass is 32.1. The summed E-state index contributed by atoms with van der Waals surface area (Å²) in [6.45, 7) is 2.59. The maximum Gasteiger partial charge on any atom is 0.347 e. The molecule has 0 bridgehead atoms. The van der Waals surface area contributed by atoms with Gasteiger partial charge in [-0.15, -0.1) is 0 Å². The first-order valence-electron chi connectivity index (χ1n) is 6.21. The Bertz CT molecular complexity index is 645. The average Bonchev–Trinajstić information content (AvgIpc) is 2.72. The number of carboxylic acid groups (broad SMARTS) is 1. The lowest BCUT2D eigenvalue weighted by atomic mass is 10.3. The number of para-hydroxylation sites is 1. The maximum atomic E-state index is 11.7. The molecule has 0 radical (unpaired) electrons. The third-order valence-corrected chi connectivity index (χ3v) is 3.94. The van der Waals surface area contributed by atoms with Crippen LogP contribution in [-0.4, -0.2) is 22.2 Å². The van der Waals surface area contributed by atoms with E-state index in [9.17, 15) is 9.59 Å². The van der Waals surface area contributed by atoms with E-state index in [1.54, 1.807) is 6.92 Å². The molecule has 0 unspecified atom stereocenters. The van der Waals surface area contributed by atoms with Gasteiger partial charge in [0.2, 0.25) is 0 Å². The van der Waals surface area contributed by atoms with Gasteiger partial charge in [0.05, 0.1) is 6.61 Å². The number of carbonyl (C=O) groups is 1. The first kappa shape index (κ1) is 14.3. The van der Waals surface area contributed by atoms with Crippen LogP contribution in [0, 0.1) is 6.92 Å². The van der Waals surface area contributed by atoms with Gasteiger partial charge in [-0.25, -0.2) is 4.79 Å². The summed E-state index contributed by atoms with van der Waals surface area (Å²) in [6.07, 6.45) is 0.644. The normalized spacial score (nSPS) is 10.4. The Morgan fingerprint density at radius 2 is 2.05 bits per heavy atom. The van der Waals surface area contributed by atoms with Crippen molar-refractivity contribution in [2.24, 2.45) is 0 Å². The Morgan fingerprint density at radius 3 is 2.65 bits per heavy atom. The van der Waals surface area contributed by atoms with Crippen LogP contribution in [0.1, 0.15) is 21.8 Å². The fourth-order valence-electron chi connectivity index (χ4n) is 1.86. The van der Waals surface area contributed by atoms with Gasteiger partial charge in [0.15, 0.2) is 0 Å². The molecule has 20 heavy (non-hydrogen) atoms. The van der Waals surface area contributed by atoms with E-state index < -0.39 is 5.97 Å². The van der Waals surface area contributed by atoms with Gasteiger partial charge in [0.1, 0.15) is 10.6 Å². The average molecular weight is 293 g/mol. The molecule has 0 fully saturated rings. The molecule has 106 valence electrons. The van der Waals surface area contributed by atoms with Crippen LogP contribution in [0.5, 0.6) is 5.75 Å². The minimum atomic E-state index is -1.05. The van der Waals surface area contributed by atoms with E-state index in [1.807, 2.05) is 30.3 Å². The van der Waals surface area contributed by atoms with Crippen LogP contribution >= 0.6 is 11.3 Å². The van der Waals surface area contributed by atoms with Gasteiger partial charge in [0.25, 0.3) is 0 Å². The minimum absolute atomic E-state index is 0.110. The third-order valence-electron chi connectivity index (χ3n) is 2.88. The van der Waals surface area contributed by atoms with E-state index in [0.717, 1.165) is 17.1 Å². The highest BCUT2D eigenvalue weighted by molar-refractivity contribution is 7.11. The molecule has 0 spiro atoms. The van der Waals surface area contributed by atoms with E-state index in [4.69, 9.17) is 9.84 Å². The van der Waals surface area contributed by atoms with Crippen molar-refractivity contribution in [1.29, 1.82) is 0 Å². The zero-order valence-corrected chi connectivity index (χ0v) is 11.9. The molecule has 0 atom stereocenters. The summed E-state index contributed by atoms with van der Waals surface area (Å²) in [5.41, 5.74) is 0.507. The molecule has 6 heteroatoms.